The molecule has 0 aliphatic heterocycles. The Morgan fingerprint density at radius 2 is 1.80 bits per heavy atom. The summed E-state index contributed by atoms with van der Waals surface area (Å²) in [6, 6.07) is 11.5. The molecule has 0 bridgehead atoms. The first-order chi connectivity index (χ1) is 14.3. The lowest BCUT2D eigenvalue weighted by atomic mass is 10.2. The van der Waals surface area contributed by atoms with Crippen LogP contribution in [0.2, 0.25) is 10.0 Å². The van der Waals surface area contributed by atoms with E-state index in [2.05, 4.69) is 16.0 Å². The third-order valence-corrected chi connectivity index (χ3v) is 4.61. The summed E-state index contributed by atoms with van der Waals surface area (Å²) in [5.74, 6) is -0.765. The van der Waals surface area contributed by atoms with Gasteiger partial charge in [-0.1, -0.05) is 42.3 Å². The van der Waals surface area contributed by atoms with Crippen LogP contribution in [-0.4, -0.2) is 42.4 Å². The van der Waals surface area contributed by atoms with Crippen molar-refractivity contribution in [3.63, 3.8) is 0 Å². The van der Waals surface area contributed by atoms with Crippen LogP contribution in [0.15, 0.2) is 42.5 Å². The molecule has 4 amide bonds. The highest BCUT2D eigenvalue weighted by atomic mass is 35.5. The summed E-state index contributed by atoms with van der Waals surface area (Å²) in [5.41, 5.74) is 2.04. The van der Waals surface area contributed by atoms with Gasteiger partial charge in [0.2, 0.25) is 11.8 Å². The highest BCUT2D eigenvalue weighted by Gasteiger charge is 2.18. The SMILES string of the molecule is CCCN(CC(=O)Nc1ccc(Cl)cc1Cl)C(=O)CNC(=O)Nc1cccc(C)c1. The van der Waals surface area contributed by atoms with E-state index in [0.717, 1.165) is 5.56 Å². The first-order valence-electron chi connectivity index (χ1n) is 9.42. The van der Waals surface area contributed by atoms with Crippen LogP contribution in [0.5, 0.6) is 0 Å². The molecule has 0 radical (unpaired) electrons. The number of carbonyl (C=O) groups is 3. The highest BCUT2D eigenvalue weighted by molar-refractivity contribution is 6.36. The molecule has 0 fully saturated rings. The van der Waals surface area contributed by atoms with Crippen molar-refractivity contribution in [1.82, 2.24) is 10.2 Å². The van der Waals surface area contributed by atoms with E-state index in [4.69, 9.17) is 23.2 Å². The van der Waals surface area contributed by atoms with Gasteiger partial charge in [0.05, 0.1) is 23.8 Å². The average molecular weight is 451 g/mol. The van der Waals surface area contributed by atoms with Crippen molar-refractivity contribution in [2.45, 2.75) is 20.3 Å². The maximum Gasteiger partial charge on any atom is 0.319 e. The highest BCUT2D eigenvalue weighted by Crippen LogP contribution is 2.25. The van der Waals surface area contributed by atoms with E-state index in [1.807, 2.05) is 32.0 Å². The Morgan fingerprint density at radius 3 is 2.47 bits per heavy atom. The smallest absolute Gasteiger partial charge is 0.319 e. The first-order valence-corrected chi connectivity index (χ1v) is 10.2. The molecule has 0 aliphatic carbocycles. The lowest BCUT2D eigenvalue weighted by Crippen LogP contribution is -2.44. The van der Waals surface area contributed by atoms with Gasteiger partial charge in [-0.15, -0.1) is 0 Å². The molecule has 0 aromatic heterocycles. The zero-order valence-corrected chi connectivity index (χ0v) is 18.3. The molecule has 30 heavy (non-hydrogen) atoms. The molecule has 9 heteroatoms. The summed E-state index contributed by atoms with van der Waals surface area (Å²) < 4.78 is 0. The van der Waals surface area contributed by atoms with Crippen molar-refractivity contribution in [2.24, 2.45) is 0 Å². The standard InChI is InChI=1S/C21H24Cl2N4O3/c1-3-9-27(13-19(28)26-18-8-7-15(22)11-17(18)23)20(29)12-24-21(30)25-16-6-4-5-14(2)10-16/h4-8,10-11H,3,9,12-13H2,1-2H3,(H,26,28)(H2,24,25,30). The summed E-state index contributed by atoms with van der Waals surface area (Å²) >= 11 is 11.9. The van der Waals surface area contributed by atoms with Gasteiger partial charge >= 0.3 is 6.03 Å². The molecule has 0 unspecified atom stereocenters. The van der Waals surface area contributed by atoms with Gasteiger partial charge in [0.25, 0.3) is 0 Å². The Labute approximate surface area is 185 Å². The zero-order valence-electron chi connectivity index (χ0n) is 16.8. The predicted octanol–water partition coefficient (Wildman–Crippen LogP) is 4.30. The van der Waals surface area contributed by atoms with Gasteiger partial charge in [0.1, 0.15) is 0 Å². The molecular formula is C21H24Cl2N4O3. The summed E-state index contributed by atoms with van der Waals surface area (Å²) in [5, 5.41) is 8.61. The monoisotopic (exact) mass is 450 g/mol. The van der Waals surface area contributed by atoms with Crippen LogP contribution in [0.4, 0.5) is 16.2 Å². The van der Waals surface area contributed by atoms with Gasteiger partial charge in [-0.2, -0.15) is 0 Å². The zero-order chi connectivity index (χ0) is 22.1. The molecule has 2 aromatic rings. The Bertz CT molecular complexity index is 921. The van der Waals surface area contributed by atoms with Crippen molar-refractivity contribution < 1.29 is 14.4 Å². The summed E-state index contributed by atoms with van der Waals surface area (Å²) in [7, 11) is 0. The number of benzene rings is 2. The number of hydrogen-bond donors (Lipinski definition) is 3. The summed E-state index contributed by atoms with van der Waals surface area (Å²) in [4.78, 5) is 38.3. The molecule has 3 N–H and O–H groups in total. The Morgan fingerprint density at radius 1 is 1.03 bits per heavy atom. The molecular weight excluding hydrogens is 427 g/mol. The number of aryl methyl sites for hydroxylation is 1. The number of nitrogens with zero attached hydrogens (tertiary/aromatic N) is 1. The van der Waals surface area contributed by atoms with E-state index < -0.39 is 11.9 Å². The lowest BCUT2D eigenvalue weighted by Gasteiger charge is -2.22. The van der Waals surface area contributed by atoms with E-state index in [1.165, 1.54) is 11.0 Å². The van der Waals surface area contributed by atoms with E-state index in [1.54, 1.807) is 18.2 Å². The fraction of sp³-hybridized carbons (Fsp3) is 0.286. The molecule has 0 spiro atoms. The van der Waals surface area contributed by atoms with E-state index in [-0.39, 0.29) is 19.0 Å². The molecule has 2 rings (SSSR count). The van der Waals surface area contributed by atoms with Gasteiger partial charge in [-0.3, -0.25) is 9.59 Å². The van der Waals surface area contributed by atoms with E-state index >= 15 is 0 Å². The lowest BCUT2D eigenvalue weighted by molar-refractivity contribution is -0.133. The van der Waals surface area contributed by atoms with Crippen molar-refractivity contribution in [3.8, 4) is 0 Å². The van der Waals surface area contributed by atoms with Crippen molar-refractivity contribution in [1.29, 1.82) is 0 Å². The number of urea groups is 1. The molecule has 7 nitrogen and oxygen atoms in total. The van der Waals surface area contributed by atoms with Crippen LogP contribution < -0.4 is 16.0 Å². The Balaban J connectivity index is 1.88. The third-order valence-electron chi connectivity index (χ3n) is 4.06. The van der Waals surface area contributed by atoms with Gasteiger partial charge in [-0.05, 0) is 49.2 Å². The maximum absolute atomic E-state index is 12.5. The van der Waals surface area contributed by atoms with Crippen LogP contribution in [0.1, 0.15) is 18.9 Å². The van der Waals surface area contributed by atoms with Crippen LogP contribution in [-0.2, 0) is 9.59 Å². The number of halogens is 2. The van der Waals surface area contributed by atoms with Gasteiger partial charge in [0, 0.05) is 17.3 Å². The Kier molecular flexibility index (Phi) is 8.95. The minimum atomic E-state index is -0.497. The number of rotatable bonds is 8. The topological polar surface area (TPSA) is 90.5 Å². The molecule has 0 heterocycles. The van der Waals surface area contributed by atoms with E-state index in [9.17, 15) is 14.4 Å². The molecule has 160 valence electrons. The van der Waals surface area contributed by atoms with Crippen LogP contribution in [0.25, 0.3) is 0 Å². The molecule has 0 saturated heterocycles. The average Bonchev–Trinajstić information content (AvgIpc) is 2.68. The van der Waals surface area contributed by atoms with Crippen LogP contribution in [0.3, 0.4) is 0 Å². The van der Waals surface area contributed by atoms with Crippen molar-refractivity contribution >= 4 is 52.4 Å². The van der Waals surface area contributed by atoms with Gasteiger partial charge < -0.3 is 20.9 Å². The van der Waals surface area contributed by atoms with Crippen molar-refractivity contribution in [2.75, 3.05) is 30.3 Å². The normalized spacial score (nSPS) is 10.3. The minimum absolute atomic E-state index is 0.160. The van der Waals surface area contributed by atoms with Gasteiger partial charge in [0.15, 0.2) is 0 Å². The molecule has 0 aliphatic rings. The quantitative estimate of drug-likeness (QED) is 0.559. The van der Waals surface area contributed by atoms with E-state index in [0.29, 0.717) is 34.4 Å². The van der Waals surface area contributed by atoms with Gasteiger partial charge in [-0.25, -0.2) is 4.79 Å². The number of carbonyl (C=O) groups excluding carboxylic acids is 3. The Hall–Kier alpha value is -2.77. The van der Waals surface area contributed by atoms with Crippen molar-refractivity contribution in [3.05, 3.63) is 58.1 Å². The summed E-state index contributed by atoms with van der Waals surface area (Å²) in [6.45, 7) is 3.80. The molecule has 2 aromatic carbocycles. The second-order valence-electron chi connectivity index (χ2n) is 6.66. The predicted molar refractivity (Wildman–Crippen MR) is 120 cm³/mol. The summed E-state index contributed by atoms with van der Waals surface area (Å²) in [6.07, 6.45) is 0.663. The number of nitrogens with one attached hydrogen (secondary N) is 3. The number of hydrogen-bond acceptors (Lipinski definition) is 3. The largest absolute Gasteiger partial charge is 0.332 e. The number of anilines is 2. The third kappa shape index (κ3) is 7.57. The number of amides is 4. The molecule has 0 atom stereocenters. The fourth-order valence-electron chi connectivity index (χ4n) is 2.68. The molecule has 0 saturated carbocycles. The first kappa shape index (κ1) is 23.5. The second kappa shape index (κ2) is 11.4. The van der Waals surface area contributed by atoms with Crippen LogP contribution in [0, 0.1) is 6.92 Å². The van der Waals surface area contributed by atoms with Crippen LogP contribution >= 0.6 is 23.2 Å². The second-order valence-corrected chi connectivity index (χ2v) is 7.51. The fourth-order valence-corrected chi connectivity index (χ4v) is 3.14. The minimum Gasteiger partial charge on any atom is -0.332 e. The maximum atomic E-state index is 12.5.